The maximum Gasteiger partial charge on any atom is 0.225 e. The number of nitrogens with one attached hydrogen (secondary N) is 1. The Balaban J connectivity index is 1.41. The number of amides is 1. The Kier molecular flexibility index (Phi) is 4.70. The van der Waals surface area contributed by atoms with E-state index in [2.05, 4.69) is 10.3 Å². The Morgan fingerprint density at radius 2 is 2.10 bits per heavy atom. The second kappa shape index (κ2) is 6.89. The van der Waals surface area contributed by atoms with Gasteiger partial charge in [0.15, 0.2) is 0 Å². The number of carbonyl (C=O) groups excluding carboxylic acids is 1. The molecule has 1 N–H and O–H groups in total. The molecule has 1 saturated heterocycles. The molecule has 5 heteroatoms. The van der Waals surface area contributed by atoms with Crippen molar-refractivity contribution in [2.45, 2.75) is 44.2 Å². The van der Waals surface area contributed by atoms with Gasteiger partial charge < -0.3 is 14.8 Å². The van der Waals surface area contributed by atoms with Crippen molar-refractivity contribution < 1.29 is 14.3 Å². The van der Waals surface area contributed by atoms with Gasteiger partial charge in [-0.1, -0.05) is 6.07 Å². The summed E-state index contributed by atoms with van der Waals surface area (Å²) in [5, 5.41) is 3.16. The van der Waals surface area contributed by atoms with Crippen molar-refractivity contribution in [1.82, 2.24) is 10.3 Å². The third-order valence-electron chi connectivity index (χ3n) is 4.25. The van der Waals surface area contributed by atoms with Crippen molar-refractivity contribution in [2.75, 3.05) is 13.2 Å². The van der Waals surface area contributed by atoms with Gasteiger partial charge in [-0.05, 0) is 38.2 Å². The highest BCUT2D eigenvalue weighted by atomic mass is 16.5. The first-order valence-electron chi connectivity index (χ1n) is 7.77. The number of hydrogen-bond acceptors (Lipinski definition) is 4. The smallest absolute Gasteiger partial charge is 0.225 e. The average Bonchev–Trinajstić information content (AvgIpc) is 3.05. The van der Waals surface area contributed by atoms with Crippen LogP contribution in [-0.4, -0.2) is 36.3 Å². The van der Waals surface area contributed by atoms with Gasteiger partial charge in [-0.2, -0.15) is 0 Å². The quantitative estimate of drug-likeness (QED) is 0.920. The number of rotatable bonds is 4. The van der Waals surface area contributed by atoms with E-state index < -0.39 is 0 Å². The van der Waals surface area contributed by atoms with E-state index in [1.807, 2.05) is 18.2 Å². The maximum atomic E-state index is 12.1. The largest absolute Gasteiger partial charge is 0.474 e. The van der Waals surface area contributed by atoms with Crippen LogP contribution >= 0.6 is 0 Å². The fourth-order valence-electron chi connectivity index (χ4n) is 2.97. The highest BCUT2D eigenvalue weighted by Crippen LogP contribution is 2.23. The lowest BCUT2D eigenvalue weighted by Crippen LogP contribution is -2.42. The SMILES string of the molecule is O=C(NC1CCC(Oc2ccccn2)CC1)[C@@H]1CCOC1. The number of pyridine rings is 1. The van der Waals surface area contributed by atoms with Crippen molar-refractivity contribution in [3.8, 4) is 5.88 Å². The molecule has 1 amide bonds. The van der Waals surface area contributed by atoms with Crippen LogP contribution in [0.25, 0.3) is 0 Å². The zero-order valence-corrected chi connectivity index (χ0v) is 12.2. The molecule has 1 saturated carbocycles. The van der Waals surface area contributed by atoms with E-state index in [0.29, 0.717) is 19.1 Å². The minimum atomic E-state index is 0.0486. The molecule has 0 unspecified atom stereocenters. The van der Waals surface area contributed by atoms with Crippen LogP contribution in [-0.2, 0) is 9.53 Å². The van der Waals surface area contributed by atoms with E-state index in [-0.39, 0.29) is 24.0 Å². The van der Waals surface area contributed by atoms with E-state index >= 15 is 0 Å². The van der Waals surface area contributed by atoms with Crippen molar-refractivity contribution in [3.05, 3.63) is 24.4 Å². The number of carbonyl (C=O) groups is 1. The molecule has 21 heavy (non-hydrogen) atoms. The predicted octanol–water partition coefficient (Wildman–Crippen LogP) is 1.92. The van der Waals surface area contributed by atoms with Gasteiger partial charge >= 0.3 is 0 Å². The van der Waals surface area contributed by atoms with Gasteiger partial charge in [0.25, 0.3) is 0 Å². The lowest BCUT2D eigenvalue weighted by atomic mass is 9.92. The molecule has 1 aliphatic carbocycles. The lowest BCUT2D eigenvalue weighted by Gasteiger charge is -2.29. The van der Waals surface area contributed by atoms with Gasteiger partial charge in [-0.15, -0.1) is 0 Å². The van der Waals surface area contributed by atoms with Crippen LogP contribution < -0.4 is 10.1 Å². The molecular formula is C16H22N2O3. The monoisotopic (exact) mass is 290 g/mol. The second-order valence-electron chi connectivity index (χ2n) is 5.83. The topological polar surface area (TPSA) is 60.5 Å². The molecule has 2 aliphatic rings. The summed E-state index contributed by atoms with van der Waals surface area (Å²) in [4.78, 5) is 16.2. The summed E-state index contributed by atoms with van der Waals surface area (Å²) >= 11 is 0. The van der Waals surface area contributed by atoms with Crippen LogP contribution in [0.3, 0.4) is 0 Å². The first-order chi connectivity index (χ1) is 10.3. The summed E-state index contributed by atoms with van der Waals surface area (Å²) in [5.74, 6) is 0.891. The van der Waals surface area contributed by atoms with Crippen LogP contribution in [0.1, 0.15) is 32.1 Å². The molecule has 1 aliphatic heterocycles. The molecule has 0 bridgehead atoms. The average molecular weight is 290 g/mol. The number of nitrogens with zero attached hydrogens (tertiary/aromatic N) is 1. The summed E-state index contributed by atoms with van der Waals surface area (Å²) in [6, 6.07) is 5.97. The van der Waals surface area contributed by atoms with E-state index in [4.69, 9.17) is 9.47 Å². The molecule has 3 rings (SSSR count). The molecule has 0 spiro atoms. The summed E-state index contributed by atoms with van der Waals surface area (Å²) in [7, 11) is 0. The van der Waals surface area contributed by atoms with Gasteiger partial charge in [0, 0.05) is 24.9 Å². The maximum absolute atomic E-state index is 12.1. The Morgan fingerprint density at radius 1 is 1.24 bits per heavy atom. The van der Waals surface area contributed by atoms with Gasteiger partial charge in [0.2, 0.25) is 11.8 Å². The van der Waals surface area contributed by atoms with E-state index in [9.17, 15) is 4.79 Å². The molecule has 0 aromatic carbocycles. The van der Waals surface area contributed by atoms with Crippen LogP contribution in [0.5, 0.6) is 5.88 Å². The van der Waals surface area contributed by atoms with Crippen LogP contribution in [0.2, 0.25) is 0 Å². The van der Waals surface area contributed by atoms with Crippen molar-refractivity contribution in [2.24, 2.45) is 5.92 Å². The highest BCUT2D eigenvalue weighted by molar-refractivity contribution is 5.79. The summed E-state index contributed by atoms with van der Waals surface area (Å²) < 4.78 is 11.1. The first-order valence-corrected chi connectivity index (χ1v) is 7.77. The summed E-state index contributed by atoms with van der Waals surface area (Å²) in [6.07, 6.45) is 6.66. The van der Waals surface area contributed by atoms with Crippen molar-refractivity contribution >= 4 is 5.91 Å². The van der Waals surface area contributed by atoms with Gasteiger partial charge in [0.05, 0.1) is 12.5 Å². The van der Waals surface area contributed by atoms with Crippen LogP contribution in [0.15, 0.2) is 24.4 Å². The van der Waals surface area contributed by atoms with Crippen LogP contribution in [0.4, 0.5) is 0 Å². The minimum Gasteiger partial charge on any atom is -0.474 e. The molecule has 2 heterocycles. The predicted molar refractivity (Wildman–Crippen MR) is 78.0 cm³/mol. The molecule has 1 aromatic rings. The third-order valence-corrected chi connectivity index (χ3v) is 4.25. The number of hydrogen-bond donors (Lipinski definition) is 1. The number of ether oxygens (including phenoxy) is 2. The first kappa shape index (κ1) is 14.3. The molecular weight excluding hydrogens is 268 g/mol. The normalized spacial score (nSPS) is 29.0. The Morgan fingerprint density at radius 3 is 2.76 bits per heavy atom. The summed E-state index contributed by atoms with van der Waals surface area (Å²) in [6.45, 7) is 1.28. The zero-order chi connectivity index (χ0) is 14.5. The summed E-state index contributed by atoms with van der Waals surface area (Å²) in [5.41, 5.74) is 0. The molecule has 2 fully saturated rings. The van der Waals surface area contributed by atoms with Crippen LogP contribution in [0, 0.1) is 5.92 Å². The molecule has 1 atom stereocenters. The zero-order valence-electron chi connectivity index (χ0n) is 12.2. The Hall–Kier alpha value is -1.62. The lowest BCUT2D eigenvalue weighted by molar-refractivity contribution is -0.126. The number of aromatic nitrogens is 1. The fourth-order valence-corrected chi connectivity index (χ4v) is 2.97. The van der Waals surface area contributed by atoms with E-state index in [1.165, 1.54) is 0 Å². The van der Waals surface area contributed by atoms with Crippen molar-refractivity contribution in [3.63, 3.8) is 0 Å². The van der Waals surface area contributed by atoms with Gasteiger partial charge in [-0.3, -0.25) is 4.79 Å². The Labute approximate surface area is 125 Å². The van der Waals surface area contributed by atoms with Gasteiger partial charge in [0.1, 0.15) is 6.10 Å². The Bertz CT molecular complexity index is 452. The molecule has 1 aromatic heterocycles. The third kappa shape index (κ3) is 3.94. The fraction of sp³-hybridized carbons (Fsp3) is 0.625. The molecule has 0 radical (unpaired) electrons. The highest BCUT2D eigenvalue weighted by Gasteiger charge is 2.28. The van der Waals surface area contributed by atoms with Gasteiger partial charge in [-0.25, -0.2) is 4.98 Å². The molecule has 114 valence electrons. The second-order valence-corrected chi connectivity index (χ2v) is 5.83. The van der Waals surface area contributed by atoms with E-state index in [0.717, 1.165) is 32.1 Å². The van der Waals surface area contributed by atoms with Crippen molar-refractivity contribution in [1.29, 1.82) is 0 Å². The standard InChI is InChI=1S/C16H22N2O3/c19-16(12-8-10-20-11-12)18-13-4-6-14(7-5-13)21-15-3-1-2-9-17-15/h1-3,9,12-14H,4-8,10-11H2,(H,18,19)/t12-,13?,14?/m1/s1. The minimum absolute atomic E-state index is 0.0486. The molecule has 5 nitrogen and oxygen atoms in total. The van der Waals surface area contributed by atoms with E-state index in [1.54, 1.807) is 6.20 Å².